The van der Waals surface area contributed by atoms with E-state index in [1.165, 1.54) is 12.0 Å². The Kier molecular flexibility index (Phi) is 7.07. The van der Waals surface area contributed by atoms with Crippen molar-refractivity contribution in [3.63, 3.8) is 0 Å². The SMILES string of the molecule is CC1(C)[C@@H](O)CC[C@]2(C)[C@H]3C(=O)C=C4[C@@H]5C[C@@](C)(C(=O)NCCCCN)CC[C@]5(C)CC[C@@]4(C)[C@]3(C)CC[C@@H]12. The lowest BCUT2D eigenvalue weighted by Crippen LogP contribution is -2.66. The molecule has 0 saturated heterocycles. The lowest BCUT2D eigenvalue weighted by Gasteiger charge is -2.70. The second kappa shape index (κ2) is 9.41. The molecule has 5 rings (SSSR count). The quantitative estimate of drug-likeness (QED) is 0.363. The predicted molar refractivity (Wildman–Crippen MR) is 157 cm³/mol. The Morgan fingerprint density at radius 3 is 2.36 bits per heavy atom. The number of carbonyl (C=O) groups is 2. The van der Waals surface area contributed by atoms with Crippen molar-refractivity contribution in [1.82, 2.24) is 5.32 Å². The number of nitrogens with one attached hydrogen (secondary N) is 1. The van der Waals surface area contributed by atoms with Crippen LogP contribution in [-0.4, -0.2) is 36.0 Å². The van der Waals surface area contributed by atoms with Gasteiger partial charge in [0, 0.05) is 17.9 Å². The van der Waals surface area contributed by atoms with E-state index in [9.17, 15) is 14.7 Å². The molecule has 39 heavy (non-hydrogen) atoms. The molecule has 0 bridgehead atoms. The number of hydrogen-bond acceptors (Lipinski definition) is 4. The molecular formula is C34H56N2O3. The van der Waals surface area contributed by atoms with Crippen molar-refractivity contribution < 1.29 is 14.7 Å². The molecule has 0 unspecified atom stereocenters. The normalized spacial score (nSPS) is 48.6. The van der Waals surface area contributed by atoms with E-state index in [1.807, 2.05) is 0 Å². The highest BCUT2D eigenvalue weighted by Gasteiger charge is 2.70. The first-order valence-electron chi connectivity index (χ1n) is 16.0. The van der Waals surface area contributed by atoms with Crippen LogP contribution in [0.1, 0.15) is 119 Å². The first-order valence-corrected chi connectivity index (χ1v) is 16.0. The highest BCUT2D eigenvalue weighted by Crippen LogP contribution is 2.75. The number of nitrogens with two attached hydrogens (primary N) is 1. The molecule has 0 aromatic carbocycles. The number of unbranched alkanes of at least 4 members (excludes halogenated alkanes) is 1. The molecule has 5 aliphatic rings. The third-order valence-electron chi connectivity index (χ3n) is 14.0. The highest BCUT2D eigenvalue weighted by atomic mass is 16.3. The van der Waals surface area contributed by atoms with Crippen LogP contribution in [-0.2, 0) is 9.59 Å². The monoisotopic (exact) mass is 540 g/mol. The van der Waals surface area contributed by atoms with Gasteiger partial charge in [0.1, 0.15) is 0 Å². The minimum Gasteiger partial charge on any atom is -0.393 e. The number of ketones is 1. The third kappa shape index (κ3) is 4.06. The van der Waals surface area contributed by atoms with Gasteiger partial charge in [-0.25, -0.2) is 0 Å². The maximum Gasteiger partial charge on any atom is 0.225 e. The fourth-order valence-electron chi connectivity index (χ4n) is 11.1. The van der Waals surface area contributed by atoms with E-state index < -0.39 is 5.41 Å². The van der Waals surface area contributed by atoms with Gasteiger partial charge in [-0.05, 0) is 122 Å². The third-order valence-corrected chi connectivity index (χ3v) is 14.0. The van der Waals surface area contributed by atoms with E-state index in [2.05, 4.69) is 59.9 Å². The Labute approximate surface area is 237 Å². The second-order valence-corrected chi connectivity index (χ2v) is 16.4. The molecule has 0 radical (unpaired) electrons. The second-order valence-electron chi connectivity index (χ2n) is 16.4. The summed E-state index contributed by atoms with van der Waals surface area (Å²) in [5.41, 5.74) is 6.34. The zero-order valence-electron chi connectivity index (χ0n) is 25.9. The minimum atomic E-state index is -0.403. The first kappa shape index (κ1) is 29.3. The van der Waals surface area contributed by atoms with E-state index in [1.54, 1.807) is 0 Å². The first-order chi connectivity index (χ1) is 18.1. The molecule has 5 nitrogen and oxygen atoms in total. The van der Waals surface area contributed by atoms with Crippen LogP contribution in [0.2, 0.25) is 0 Å². The van der Waals surface area contributed by atoms with Crippen LogP contribution in [0.5, 0.6) is 0 Å². The molecule has 4 N–H and O–H groups in total. The molecule has 5 heteroatoms. The predicted octanol–water partition coefficient (Wildman–Crippen LogP) is 6.18. The standard InChI is InChI=1S/C34H56N2O3/c1-29(2)25-10-13-34(7)27(32(25,5)12-11-26(29)38)24(37)20-22-23-21-31(4,28(39)36-19-9-8-18-35)15-14-30(23,3)16-17-33(22,34)6/h20,23,25-27,38H,8-19,21,35H2,1-7H3,(H,36,39)/t23-,25-,26-,27+,30+,31-,32-,33+,34+/m0/s1. The molecule has 1 amide bonds. The van der Waals surface area contributed by atoms with Gasteiger partial charge in [0.05, 0.1) is 6.10 Å². The van der Waals surface area contributed by atoms with Gasteiger partial charge in [-0.3, -0.25) is 9.59 Å². The lowest BCUT2D eigenvalue weighted by molar-refractivity contribution is -0.202. The van der Waals surface area contributed by atoms with E-state index in [4.69, 9.17) is 5.73 Å². The summed E-state index contributed by atoms with van der Waals surface area (Å²) >= 11 is 0. The van der Waals surface area contributed by atoms with Gasteiger partial charge in [-0.15, -0.1) is 0 Å². The van der Waals surface area contributed by atoms with Gasteiger partial charge in [-0.2, -0.15) is 0 Å². The molecular weight excluding hydrogens is 484 g/mol. The summed E-state index contributed by atoms with van der Waals surface area (Å²) in [6.07, 6.45) is 12.6. The Balaban J connectivity index is 1.50. The molecule has 4 saturated carbocycles. The fourth-order valence-corrected chi connectivity index (χ4v) is 11.1. The summed E-state index contributed by atoms with van der Waals surface area (Å²) in [4.78, 5) is 27.9. The number of hydrogen-bond donors (Lipinski definition) is 3. The average Bonchev–Trinajstić information content (AvgIpc) is 2.86. The van der Waals surface area contributed by atoms with Crippen molar-refractivity contribution >= 4 is 11.7 Å². The molecule has 0 aromatic heterocycles. The molecule has 9 atom stereocenters. The van der Waals surface area contributed by atoms with Crippen molar-refractivity contribution in [1.29, 1.82) is 0 Å². The molecule has 220 valence electrons. The zero-order chi connectivity index (χ0) is 28.6. The Morgan fingerprint density at radius 2 is 1.67 bits per heavy atom. The van der Waals surface area contributed by atoms with E-state index in [0.717, 1.165) is 64.2 Å². The van der Waals surface area contributed by atoms with Crippen molar-refractivity contribution in [3.05, 3.63) is 11.6 Å². The van der Waals surface area contributed by atoms with E-state index >= 15 is 0 Å². The van der Waals surface area contributed by atoms with Crippen LogP contribution in [0.25, 0.3) is 0 Å². The van der Waals surface area contributed by atoms with Crippen molar-refractivity contribution in [3.8, 4) is 0 Å². The van der Waals surface area contributed by atoms with Gasteiger partial charge in [0.15, 0.2) is 5.78 Å². The zero-order valence-corrected chi connectivity index (χ0v) is 25.9. The highest BCUT2D eigenvalue weighted by molar-refractivity contribution is 5.95. The van der Waals surface area contributed by atoms with Crippen LogP contribution in [0, 0.1) is 50.2 Å². The number of rotatable bonds is 5. The van der Waals surface area contributed by atoms with Crippen LogP contribution < -0.4 is 11.1 Å². The van der Waals surface area contributed by atoms with Crippen LogP contribution >= 0.6 is 0 Å². The lowest BCUT2D eigenvalue weighted by atomic mass is 9.33. The van der Waals surface area contributed by atoms with Gasteiger partial charge in [0.2, 0.25) is 5.91 Å². The average molecular weight is 541 g/mol. The Hall–Kier alpha value is -1.20. The van der Waals surface area contributed by atoms with Gasteiger partial charge in [-0.1, -0.05) is 54.0 Å². The number of allylic oxidation sites excluding steroid dienone is 2. The fraction of sp³-hybridized carbons (Fsp3) is 0.882. The smallest absolute Gasteiger partial charge is 0.225 e. The minimum absolute atomic E-state index is 0.00514. The summed E-state index contributed by atoms with van der Waals surface area (Å²) < 4.78 is 0. The van der Waals surface area contributed by atoms with E-state index in [-0.39, 0.29) is 50.9 Å². The summed E-state index contributed by atoms with van der Waals surface area (Å²) in [5, 5.41) is 14.2. The largest absolute Gasteiger partial charge is 0.393 e. The number of fused-ring (bicyclic) bond motifs is 7. The Morgan fingerprint density at radius 1 is 0.974 bits per heavy atom. The Bertz CT molecular complexity index is 1050. The number of aliphatic hydroxyl groups excluding tert-OH is 1. The molecule has 5 aliphatic carbocycles. The summed E-state index contributed by atoms with van der Waals surface area (Å²) in [5.74, 6) is 1.11. The van der Waals surface area contributed by atoms with Gasteiger partial charge >= 0.3 is 0 Å². The van der Waals surface area contributed by atoms with Gasteiger partial charge in [0.25, 0.3) is 0 Å². The van der Waals surface area contributed by atoms with Crippen LogP contribution in [0.4, 0.5) is 0 Å². The molecule has 0 aliphatic heterocycles. The van der Waals surface area contributed by atoms with Crippen LogP contribution in [0.3, 0.4) is 0 Å². The van der Waals surface area contributed by atoms with Gasteiger partial charge < -0.3 is 16.2 Å². The van der Waals surface area contributed by atoms with Crippen molar-refractivity contribution in [2.45, 2.75) is 125 Å². The van der Waals surface area contributed by atoms with E-state index in [0.29, 0.717) is 24.8 Å². The summed E-state index contributed by atoms with van der Waals surface area (Å²) in [6.45, 7) is 17.7. The maximum absolute atomic E-state index is 14.4. The van der Waals surface area contributed by atoms with Crippen molar-refractivity contribution in [2.75, 3.05) is 13.1 Å². The van der Waals surface area contributed by atoms with Crippen LogP contribution in [0.15, 0.2) is 11.6 Å². The molecule has 0 heterocycles. The molecule has 0 aromatic rings. The number of aliphatic hydroxyl groups is 1. The molecule has 4 fully saturated rings. The maximum atomic E-state index is 14.4. The number of carbonyl (C=O) groups excluding carboxylic acids is 2. The summed E-state index contributed by atoms with van der Waals surface area (Å²) in [6, 6.07) is 0. The topological polar surface area (TPSA) is 92.4 Å². The number of amides is 1. The summed E-state index contributed by atoms with van der Waals surface area (Å²) in [7, 11) is 0. The van der Waals surface area contributed by atoms with Crippen molar-refractivity contribution in [2.24, 2.45) is 56.0 Å². The molecule has 0 spiro atoms.